The van der Waals surface area contributed by atoms with Gasteiger partial charge in [-0.1, -0.05) is 44.2 Å². The molecule has 0 bridgehead atoms. The van der Waals surface area contributed by atoms with Crippen LogP contribution in [0.25, 0.3) is 10.9 Å². The van der Waals surface area contributed by atoms with E-state index in [0.717, 1.165) is 22.2 Å². The lowest BCUT2D eigenvalue weighted by Gasteiger charge is -2.12. The van der Waals surface area contributed by atoms with Gasteiger partial charge in [-0.15, -0.1) is 0 Å². The standard InChI is InChI=1S/C22H23N3O2/c1-14(2)20-13-18(17-6-4-5-7-19(17)25-20)22(27)24-16-10-8-15(9-11-16)12-21(26)23-3/h4-11,13-14H,12H2,1-3H3,(H,23,26)(H,24,27). The fourth-order valence-corrected chi connectivity index (χ4v) is 2.86. The summed E-state index contributed by atoms with van der Waals surface area (Å²) in [5.74, 6) is 0.0101. The summed E-state index contributed by atoms with van der Waals surface area (Å²) in [6.07, 6.45) is 0.317. The molecule has 0 aliphatic rings. The predicted octanol–water partition coefficient (Wildman–Crippen LogP) is 3.90. The average Bonchev–Trinajstić information content (AvgIpc) is 2.68. The van der Waals surface area contributed by atoms with Crippen molar-refractivity contribution in [1.82, 2.24) is 10.3 Å². The van der Waals surface area contributed by atoms with E-state index in [9.17, 15) is 9.59 Å². The summed E-state index contributed by atoms with van der Waals surface area (Å²) in [5, 5.41) is 6.37. The number of para-hydroxylation sites is 1. The summed E-state index contributed by atoms with van der Waals surface area (Å²) in [4.78, 5) is 29.0. The Morgan fingerprint density at radius 1 is 1.04 bits per heavy atom. The van der Waals surface area contributed by atoms with Crippen LogP contribution in [-0.4, -0.2) is 23.8 Å². The molecule has 0 spiro atoms. The molecule has 27 heavy (non-hydrogen) atoms. The molecule has 3 aromatic rings. The number of hydrogen-bond acceptors (Lipinski definition) is 3. The number of nitrogens with zero attached hydrogens (tertiary/aromatic N) is 1. The molecule has 3 rings (SSSR count). The molecular weight excluding hydrogens is 338 g/mol. The number of nitrogens with one attached hydrogen (secondary N) is 2. The average molecular weight is 361 g/mol. The van der Waals surface area contributed by atoms with Crippen molar-refractivity contribution in [2.45, 2.75) is 26.2 Å². The molecule has 0 atom stereocenters. The summed E-state index contributed by atoms with van der Waals surface area (Å²) >= 11 is 0. The fourth-order valence-electron chi connectivity index (χ4n) is 2.86. The first kappa shape index (κ1) is 18.6. The van der Waals surface area contributed by atoms with Crippen LogP contribution in [0.3, 0.4) is 0 Å². The van der Waals surface area contributed by atoms with Crippen molar-refractivity contribution < 1.29 is 9.59 Å². The molecule has 2 N–H and O–H groups in total. The Balaban J connectivity index is 1.87. The van der Waals surface area contributed by atoms with Crippen molar-refractivity contribution in [2.24, 2.45) is 0 Å². The lowest BCUT2D eigenvalue weighted by molar-refractivity contribution is -0.119. The van der Waals surface area contributed by atoms with Crippen molar-refractivity contribution in [2.75, 3.05) is 12.4 Å². The van der Waals surface area contributed by atoms with Crippen LogP contribution >= 0.6 is 0 Å². The van der Waals surface area contributed by atoms with Crippen molar-refractivity contribution in [3.63, 3.8) is 0 Å². The molecule has 0 radical (unpaired) electrons. The molecule has 0 saturated heterocycles. The van der Waals surface area contributed by atoms with Gasteiger partial charge in [0, 0.05) is 23.8 Å². The summed E-state index contributed by atoms with van der Waals surface area (Å²) < 4.78 is 0. The zero-order valence-electron chi connectivity index (χ0n) is 15.7. The number of pyridine rings is 1. The van der Waals surface area contributed by atoms with Crippen LogP contribution < -0.4 is 10.6 Å². The van der Waals surface area contributed by atoms with Gasteiger partial charge in [-0.3, -0.25) is 14.6 Å². The first-order chi connectivity index (χ1) is 13.0. The number of fused-ring (bicyclic) bond motifs is 1. The molecule has 2 amide bonds. The highest BCUT2D eigenvalue weighted by molar-refractivity contribution is 6.12. The van der Waals surface area contributed by atoms with Gasteiger partial charge in [0.25, 0.3) is 5.91 Å². The minimum atomic E-state index is -0.172. The van der Waals surface area contributed by atoms with Crippen LogP contribution in [0.2, 0.25) is 0 Å². The van der Waals surface area contributed by atoms with Crippen molar-refractivity contribution in [1.29, 1.82) is 0 Å². The van der Waals surface area contributed by atoms with Crippen molar-refractivity contribution >= 4 is 28.4 Å². The molecule has 0 unspecified atom stereocenters. The lowest BCUT2D eigenvalue weighted by Crippen LogP contribution is -2.19. The number of carbonyl (C=O) groups excluding carboxylic acids is 2. The van der Waals surface area contributed by atoms with E-state index in [1.54, 1.807) is 7.05 Å². The van der Waals surface area contributed by atoms with Gasteiger partial charge >= 0.3 is 0 Å². The number of amides is 2. The minimum Gasteiger partial charge on any atom is -0.359 e. The molecule has 0 aliphatic carbocycles. The Kier molecular flexibility index (Phi) is 5.50. The molecule has 0 aliphatic heterocycles. The molecule has 1 aromatic heterocycles. The number of hydrogen-bond donors (Lipinski definition) is 2. The highest BCUT2D eigenvalue weighted by Gasteiger charge is 2.14. The van der Waals surface area contributed by atoms with Crippen LogP contribution in [0.4, 0.5) is 5.69 Å². The molecule has 0 saturated carbocycles. The second-order valence-electron chi connectivity index (χ2n) is 6.77. The van der Waals surface area contributed by atoms with Gasteiger partial charge in [0.15, 0.2) is 0 Å². The van der Waals surface area contributed by atoms with Gasteiger partial charge in [0.05, 0.1) is 17.5 Å². The third-order valence-corrected chi connectivity index (χ3v) is 4.43. The van der Waals surface area contributed by atoms with Crippen LogP contribution in [0.1, 0.15) is 41.4 Å². The summed E-state index contributed by atoms with van der Waals surface area (Å²) in [6.45, 7) is 4.12. The van der Waals surface area contributed by atoms with Crippen molar-refractivity contribution in [3.05, 3.63) is 71.4 Å². The molecule has 2 aromatic carbocycles. The third kappa shape index (κ3) is 4.31. The Morgan fingerprint density at radius 2 is 1.74 bits per heavy atom. The maximum absolute atomic E-state index is 12.9. The number of carbonyl (C=O) groups is 2. The van der Waals surface area contributed by atoms with Crippen LogP contribution in [0.15, 0.2) is 54.6 Å². The Labute approximate surface area is 158 Å². The van der Waals surface area contributed by atoms with Crippen LogP contribution in [0.5, 0.6) is 0 Å². The fraction of sp³-hybridized carbons (Fsp3) is 0.227. The van der Waals surface area contributed by atoms with Crippen LogP contribution in [0, 0.1) is 0 Å². The van der Waals surface area contributed by atoms with E-state index in [1.807, 2.05) is 54.6 Å². The quantitative estimate of drug-likeness (QED) is 0.724. The summed E-state index contributed by atoms with van der Waals surface area (Å²) in [7, 11) is 1.61. The van der Waals surface area contributed by atoms with Gasteiger partial charge in [-0.25, -0.2) is 0 Å². The minimum absolute atomic E-state index is 0.0451. The highest BCUT2D eigenvalue weighted by atomic mass is 16.2. The van der Waals surface area contributed by atoms with E-state index in [0.29, 0.717) is 17.7 Å². The third-order valence-electron chi connectivity index (χ3n) is 4.43. The number of likely N-dealkylation sites (N-methyl/N-ethyl adjacent to an activating group) is 1. The predicted molar refractivity (Wildman–Crippen MR) is 108 cm³/mol. The largest absolute Gasteiger partial charge is 0.359 e. The van der Waals surface area contributed by atoms with E-state index < -0.39 is 0 Å². The van der Waals surface area contributed by atoms with E-state index in [2.05, 4.69) is 29.5 Å². The molecule has 5 nitrogen and oxygen atoms in total. The summed E-state index contributed by atoms with van der Waals surface area (Å²) in [5.41, 5.74) is 3.89. The summed E-state index contributed by atoms with van der Waals surface area (Å²) in [6, 6.07) is 16.8. The second kappa shape index (κ2) is 7.99. The van der Waals surface area contributed by atoms with Gasteiger partial charge in [0.1, 0.15) is 0 Å². The second-order valence-corrected chi connectivity index (χ2v) is 6.77. The number of anilines is 1. The van der Waals surface area contributed by atoms with E-state index in [1.165, 1.54) is 0 Å². The Morgan fingerprint density at radius 3 is 2.41 bits per heavy atom. The maximum Gasteiger partial charge on any atom is 0.256 e. The van der Waals surface area contributed by atoms with E-state index in [4.69, 9.17) is 0 Å². The monoisotopic (exact) mass is 361 g/mol. The highest BCUT2D eigenvalue weighted by Crippen LogP contribution is 2.23. The van der Waals surface area contributed by atoms with E-state index >= 15 is 0 Å². The first-order valence-corrected chi connectivity index (χ1v) is 8.98. The number of rotatable bonds is 5. The van der Waals surface area contributed by atoms with Crippen LogP contribution in [-0.2, 0) is 11.2 Å². The molecule has 1 heterocycles. The maximum atomic E-state index is 12.9. The molecule has 138 valence electrons. The topological polar surface area (TPSA) is 71.1 Å². The van der Waals surface area contributed by atoms with Gasteiger partial charge in [0.2, 0.25) is 5.91 Å². The Hall–Kier alpha value is -3.21. The SMILES string of the molecule is CNC(=O)Cc1ccc(NC(=O)c2cc(C(C)C)nc3ccccc23)cc1. The normalized spacial score (nSPS) is 10.8. The van der Waals surface area contributed by atoms with Gasteiger partial charge < -0.3 is 10.6 Å². The number of benzene rings is 2. The van der Waals surface area contributed by atoms with Gasteiger partial charge in [-0.05, 0) is 35.7 Å². The smallest absolute Gasteiger partial charge is 0.256 e. The molecule has 5 heteroatoms. The number of aromatic nitrogens is 1. The lowest BCUT2D eigenvalue weighted by atomic mass is 10.0. The van der Waals surface area contributed by atoms with Crippen molar-refractivity contribution in [3.8, 4) is 0 Å². The molecular formula is C22H23N3O2. The Bertz CT molecular complexity index is 979. The van der Waals surface area contributed by atoms with Gasteiger partial charge in [-0.2, -0.15) is 0 Å². The zero-order valence-corrected chi connectivity index (χ0v) is 15.7. The first-order valence-electron chi connectivity index (χ1n) is 8.98. The van der Waals surface area contributed by atoms with E-state index in [-0.39, 0.29) is 17.7 Å². The zero-order chi connectivity index (χ0) is 19.4. The molecule has 0 fully saturated rings.